The molecule has 158 valence electrons. The number of para-hydroxylation sites is 1. The highest BCUT2D eigenvalue weighted by Gasteiger charge is 2.32. The fourth-order valence-corrected chi connectivity index (χ4v) is 4.40. The Labute approximate surface area is 173 Å². The summed E-state index contributed by atoms with van der Waals surface area (Å²) < 4.78 is 42.1. The number of hydrogen-bond donors (Lipinski definition) is 0. The summed E-state index contributed by atoms with van der Waals surface area (Å²) in [5.41, 5.74) is 1.43. The molecule has 9 nitrogen and oxygen atoms in total. The van der Waals surface area contributed by atoms with Gasteiger partial charge in [0, 0.05) is 6.07 Å². The number of hydrogen-bond acceptors (Lipinski definition) is 8. The smallest absolute Gasteiger partial charge is 0.437 e. The quantitative estimate of drug-likeness (QED) is 0.619. The molecule has 0 bridgehead atoms. The van der Waals surface area contributed by atoms with E-state index in [0.717, 1.165) is 4.68 Å². The number of methoxy groups -OCH3 is 2. The molecule has 0 spiro atoms. The van der Waals surface area contributed by atoms with Crippen molar-refractivity contribution in [1.29, 1.82) is 0 Å². The molecule has 0 fully saturated rings. The van der Waals surface area contributed by atoms with Crippen LogP contribution in [0.15, 0.2) is 46.2 Å². The first-order chi connectivity index (χ1) is 14.5. The topological polar surface area (TPSA) is 110 Å². The molecule has 4 rings (SSSR count). The van der Waals surface area contributed by atoms with E-state index in [1.807, 2.05) is 13.8 Å². The van der Waals surface area contributed by atoms with E-state index in [0.29, 0.717) is 28.1 Å². The monoisotopic (exact) mass is 431 g/mol. The highest BCUT2D eigenvalue weighted by atomic mass is 32.2. The number of nitrogens with zero attached hydrogens (tertiary/aromatic N) is 3. The third-order valence-electron chi connectivity index (χ3n) is 4.33. The zero-order valence-corrected chi connectivity index (χ0v) is 17.8. The van der Waals surface area contributed by atoms with Gasteiger partial charge in [-0.1, -0.05) is 31.2 Å². The average molecular weight is 431 g/mol. The minimum atomic E-state index is -3.81. The lowest BCUT2D eigenvalue weighted by molar-refractivity contribution is 0.156. The lowest BCUT2D eigenvalue weighted by Crippen LogP contribution is -2.18. The van der Waals surface area contributed by atoms with Crippen LogP contribution in [0.5, 0.6) is 11.5 Å². The van der Waals surface area contributed by atoms with Gasteiger partial charge in [-0.3, -0.25) is 0 Å². The summed E-state index contributed by atoms with van der Waals surface area (Å²) in [5.74, 6) is 0.700. The maximum Gasteiger partial charge on any atom is 0.437 e. The molecule has 10 heteroatoms. The van der Waals surface area contributed by atoms with E-state index in [-0.39, 0.29) is 9.80 Å². The van der Waals surface area contributed by atoms with Crippen molar-refractivity contribution in [2.45, 2.75) is 18.7 Å². The van der Waals surface area contributed by atoms with Crippen molar-refractivity contribution in [2.75, 3.05) is 20.8 Å². The molecule has 0 N–H and O–H groups in total. The average Bonchev–Trinajstić information content (AvgIpc) is 3.31. The number of rotatable bonds is 4. The summed E-state index contributed by atoms with van der Waals surface area (Å²) in [6, 6.07) is 9.81. The first-order valence-electron chi connectivity index (χ1n) is 9.15. The highest BCUT2D eigenvalue weighted by Crippen LogP contribution is 2.40. The van der Waals surface area contributed by atoms with Crippen molar-refractivity contribution >= 4 is 33.0 Å². The Morgan fingerprint density at radius 2 is 1.73 bits per heavy atom. The fraction of sp³-hybridized carbons (Fsp3) is 0.250. The first kappa shape index (κ1) is 21.3. The van der Waals surface area contributed by atoms with Crippen LogP contribution < -0.4 is 9.47 Å². The van der Waals surface area contributed by atoms with Gasteiger partial charge in [0.25, 0.3) is 0 Å². The van der Waals surface area contributed by atoms with Crippen LogP contribution in [0.25, 0.3) is 17.1 Å². The highest BCUT2D eigenvalue weighted by molar-refractivity contribution is 7.95. The van der Waals surface area contributed by atoms with E-state index in [1.54, 1.807) is 30.3 Å². The van der Waals surface area contributed by atoms with Crippen molar-refractivity contribution in [1.82, 2.24) is 15.0 Å². The largest absolute Gasteiger partial charge is 0.493 e. The molecule has 0 saturated carbocycles. The number of benzene rings is 2. The summed E-state index contributed by atoms with van der Waals surface area (Å²) in [5, 5.41) is 7.62. The Bertz CT molecular complexity index is 1230. The van der Waals surface area contributed by atoms with Crippen LogP contribution in [0.2, 0.25) is 0 Å². The second-order valence-electron chi connectivity index (χ2n) is 5.90. The van der Waals surface area contributed by atoms with Crippen molar-refractivity contribution in [3.63, 3.8) is 0 Å². The molecule has 1 aliphatic rings. The molecule has 1 aliphatic heterocycles. The van der Waals surface area contributed by atoms with Gasteiger partial charge in [0.1, 0.15) is 17.6 Å². The third-order valence-corrected chi connectivity index (χ3v) is 6.19. The van der Waals surface area contributed by atoms with Gasteiger partial charge in [0.2, 0.25) is 9.84 Å². The Balaban J connectivity index is 0.00000124. The lowest BCUT2D eigenvalue weighted by Gasteiger charge is -2.10. The van der Waals surface area contributed by atoms with Crippen molar-refractivity contribution < 1.29 is 27.4 Å². The molecular formula is C20H21N3O6S. The Hall–Kier alpha value is -3.40. The van der Waals surface area contributed by atoms with Crippen LogP contribution in [0.4, 0.5) is 4.79 Å². The Morgan fingerprint density at radius 1 is 1.07 bits per heavy atom. The molecule has 30 heavy (non-hydrogen) atoms. The summed E-state index contributed by atoms with van der Waals surface area (Å²) in [6.07, 6.45) is 0.621. The summed E-state index contributed by atoms with van der Waals surface area (Å²) in [7, 11) is -0.926. The number of sulfone groups is 1. The van der Waals surface area contributed by atoms with Gasteiger partial charge in [0.05, 0.1) is 24.0 Å². The molecular weight excluding hydrogens is 410 g/mol. The fourth-order valence-electron chi connectivity index (χ4n) is 2.93. The Kier molecular flexibility index (Phi) is 6.06. The minimum Gasteiger partial charge on any atom is -0.493 e. The van der Waals surface area contributed by atoms with Crippen LogP contribution in [0.3, 0.4) is 0 Å². The maximum atomic E-state index is 12.8. The molecule has 0 saturated heterocycles. The molecule has 0 amide bonds. The summed E-state index contributed by atoms with van der Waals surface area (Å²) in [4.78, 5) is 12.4. The van der Waals surface area contributed by atoms with E-state index in [1.165, 1.54) is 26.4 Å². The zero-order chi connectivity index (χ0) is 21.9. The standard InChI is InChI=1S/C18H15N3O6S.C2H6/c1-25-15-8-11-7-12(28(23,24)17(11)9-16(15)26-2)10-27-18(22)21-14-6-4-3-5-13(14)19-20-21;1-2/h3-9H,10H2,1-2H3;1-2H3. The minimum absolute atomic E-state index is 0.0458. The second-order valence-corrected chi connectivity index (χ2v) is 7.87. The molecule has 0 atom stereocenters. The zero-order valence-electron chi connectivity index (χ0n) is 16.9. The van der Waals surface area contributed by atoms with E-state index in [9.17, 15) is 13.2 Å². The van der Waals surface area contributed by atoms with E-state index in [4.69, 9.17) is 14.2 Å². The van der Waals surface area contributed by atoms with Gasteiger partial charge in [0.15, 0.2) is 11.5 Å². The number of ether oxygens (including phenoxy) is 3. The summed E-state index contributed by atoms with van der Waals surface area (Å²) >= 11 is 0. The molecule has 1 aromatic heterocycles. The molecule has 3 aromatic rings. The van der Waals surface area contributed by atoms with Gasteiger partial charge in [-0.15, -0.1) is 9.78 Å². The predicted molar refractivity (Wildman–Crippen MR) is 110 cm³/mol. The van der Waals surface area contributed by atoms with Gasteiger partial charge < -0.3 is 14.2 Å². The van der Waals surface area contributed by atoms with Crippen molar-refractivity contribution in [3.05, 3.63) is 46.9 Å². The van der Waals surface area contributed by atoms with E-state index < -0.39 is 22.5 Å². The van der Waals surface area contributed by atoms with Crippen LogP contribution in [-0.4, -0.2) is 50.3 Å². The van der Waals surface area contributed by atoms with Crippen molar-refractivity contribution in [3.8, 4) is 11.5 Å². The third kappa shape index (κ3) is 3.61. The lowest BCUT2D eigenvalue weighted by atomic mass is 10.2. The molecule has 0 radical (unpaired) electrons. The van der Waals surface area contributed by atoms with Gasteiger partial charge >= 0.3 is 6.09 Å². The van der Waals surface area contributed by atoms with Crippen LogP contribution in [0, 0.1) is 0 Å². The van der Waals surface area contributed by atoms with Crippen LogP contribution in [0.1, 0.15) is 19.4 Å². The van der Waals surface area contributed by atoms with Crippen LogP contribution >= 0.6 is 0 Å². The van der Waals surface area contributed by atoms with Crippen LogP contribution in [-0.2, 0) is 14.6 Å². The van der Waals surface area contributed by atoms with Gasteiger partial charge in [-0.25, -0.2) is 13.2 Å². The number of carbonyl (C=O) groups is 1. The number of carbonyl (C=O) groups excluding carboxylic acids is 1. The molecule has 2 heterocycles. The molecule has 2 aromatic carbocycles. The molecule has 0 aliphatic carbocycles. The Morgan fingerprint density at radius 3 is 2.43 bits per heavy atom. The second kappa shape index (κ2) is 8.54. The van der Waals surface area contributed by atoms with Gasteiger partial charge in [-0.05, 0) is 29.8 Å². The SMILES string of the molecule is CC.COc1cc2c(cc1OC)S(=O)(=O)C(COC(=O)n1nnc3ccccc31)=C2. The molecule has 0 unspecified atom stereocenters. The van der Waals surface area contributed by atoms with Gasteiger partial charge in [-0.2, -0.15) is 0 Å². The summed E-state index contributed by atoms with van der Waals surface area (Å²) in [6.45, 7) is 3.56. The number of aromatic nitrogens is 3. The van der Waals surface area contributed by atoms with E-state index >= 15 is 0 Å². The number of fused-ring (bicyclic) bond motifs is 2. The normalized spacial score (nSPS) is 13.7. The van der Waals surface area contributed by atoms with Crippen molar-refractivity contribution in [2.24, 2.45) is 0 Å². The first-order valence-corrected chi connectivity index (χ1v) is 10.6. The van der Waals surface area contributed by atoms with E-state index in [2.05, 4.69) is 10.3 Å². The predicted octanol–water partition coefficient (Wildman–Crippen LogP) is 3.29. The maximum absolute atomic E-state index is 12.8.